The fraction of sp³-hybridized carbons (Fsp3) is 0.923. The van der Waals surface area contributed by atoms with Gasteiger partial charge < -0.3 is 16.0 Å². The number of carbonyl (C=O) groups is 1. The predicted molar refractivity (Wildman–Crippen MR) is 72.8 cm³/mol. The molecule has 0 heterocycles. The largest absolute Gasteiger partial charge is 0.352 e. The number of amides is 1. The maximum absolute atomic E-state index is 12.0. The first kappa shape index (κ1) is 16.4. The lowest BCUT2D eigenvalue weighted by Gasteiger charge is -2.26. The fourth-order valence-electron chi connectivity index (χ4n) is 1.98. The van der Waals surface area contributed by atoms with Crippen molar-refractivity contribution in [2.75, 3.05) is 27.2 Å². The van der Waals surface area contributed by atoms with Crippen molar-refractivity contribution in [1.29, 1.82) is 0 Å². The third kappa shape index (κ3) is 8.16. The molecule has 0 aromatic rings. The van der Waals surface area contributed by atoms with Gasteiger partial charge >= 0.3 is 0 Å². The van der Waals surface area contributed by atoms with E-state index in [1.807, 2.05) is 21.0 Å². The molecule has 0 radical (unpaired) electrons. The van der Waals surface area contributed by atoms with Crippen LogP contribution in [0.4, 0.5) is 0 Å². The minimum atomic E-state index is -0.0837. The van der Waals surface area contributed by atoms with Gasteiger partial charge in [-0.2, -0.15) is 0 Å². The van der Waals surface area contributed by atoms with E-state index in [1.165, 1.54) is 0 Å². The smallest absolute Gasteiger partial charge is 0.224 e. The molecule has 0 aliphatic carbocycles. The number of likely N-dealkylation sites (N-methyl/N-ethyl adjacent to an activating group) is 1. The molecule has 0 aromatic heterocycles. The Morgan fingerprint density at radius 3 is 2.24 bits per heavy atom. The van der Waals surface area contributed by atoms with Crippen molar-refractivity contribution in [2.45, 2.75) is 40.2 Å². The number of hydrogen-bond acceptors (Lipinski definition) is 3. The number of carbonyl (C=O) groups excluding carboxylic acids is 1. The SMILES string of the molecule is CC(CN(C)C)NC(=O)C(CN)CC(C)(C)C. The monoisotopic (exact) mass is 243 g/mol. The number of rotatable bonds is 6. The average Bonchev–Trinajstić information content (AvgIpc) is 2.10. The van der Waals surface area contributed by atoms with Crippen molar-refractivity contribution in [3.05, 3.63) is 0 Å². The highest BCUT2D eigenvalue weighted by atomic mass is 16.1. The molecule has 0 aliphatic heterocycles. The molecule has 1 amide bonds. The second-order valence-corrected chi connectivity index (χ2v) is 6.37. The zero-order valence-corrected chi connectivity index (χ0v) is 12.2. The van der Waals surface area contributed by atoms with E-state index in [4.69, 9.17) is 5.73 Å². The Kier molecular flexibility index (Phi) is 6.72. The van der Waals surface area contributed by atoms with Crippen molar-refractivity contribution in [3.8, 4) is 0 Å². The third-order valence-electron chi connectivity index (χ3n) is 2.54. The maximum Gasteiger partial charge on any atom is 0.224 e. The number of nitrogens with one attached hydrogen (secondary N) is 1. The van der Waals surface area contributed by atoms with Crippen molar-refractivity contribution in [3.63, 3.8) is 0 Å². The minimum absolute atomic E-state index is 0.0803. The Labute approximate surface area is 106 Å². The Hall–Kier alpha value is -0.610. The second-order valence-electron chi connectivity index (χ2n) is 6.37. The van der Waals surface area contributed by atoms with Gasteiger partial charge in [-0.3, -0.25) is 4.79 Å². The number of hydrogen-bond donors (Lipinski definition) is 2. The maximum atomic E-state index is 12.0. The topological polar surface area (TPSA) is 58.4 Å². The molecule has 0 saturated carbocycles. The van der Waals surface area contributed by atoms with Gasteiger partial charge in [-0.1, -0.05) is 20.8 Å². The van der Waals surface area contributed by atoms with Gasteiger partial charge in [0, 0.05) is 19.1 Å². The zero-order chi connectivity index (χ0) is 13.6. The van der Waals surface area contributed by atoms with Gasteiger partial charge in [0.05, 0.1) is 5.92 Å². The third-order valence-corrected chi connectivity index (χ3v) is 2.54. The van der Waals surface area contributed by atoms with E-state index < -0.39 is 0 Å². The summed E-state index contributed by atoms with van der Waals surface area (Å²) in [6, 6.07) is 0.159. The minimum Gasteiger partial charge on any atom is -0.352 e. The van der Waals surface area contributed by atoms with E-state index in [0.29, 0.717) is 6.54 Å². The quantitative estimate of drug-likeness (QED) is 0.733. The molecular weight excluding hydrogens is 214 g/mol. The molecule has 0 bridgehead atoms. The van der Waals surface area contributed by atoms with Crippen LogP contribution in [0.3, 0.4) is 0 Å². The highest BCUT2D eigenvalue weighted by Crippen LogP contribution is 2.24. The lowest BCUT2D eigenvalue weighted by atomic mass is 9.84. The lowest BCUT2D eigenvalue weighted by Crippen LogP contribution is -2.44. The van der Waals surface area contributed by atoms with E-state index >= 15 is 0 Å². The molecule has 0 saturated heterocycles. The molecule has 2 atom stereocenters. The fourth-order valence-corrected chi connectivity index (χ4v) is 1.98. The Morgan fingerprint density at radius 2 is 1.88 bits per heavy atom. The molecule has 3 N–H and O–H groups in total. The van der Waals surface area contributed by atoms with Gasteiger partial charge in [0.25, 0.3) is 0 Å². The molecule has 4 nitrogen and oxygen atoms in total. The second kappa shape index (κ2) is 6.97. The van der Waals surface area contributed by atoms with Crippen molar-refractivity contribution >= 4 is 5.91 Å². The highest BCUT2D eigenvalue weighted by molar-refractivity contribution is 5.79. The van der Waals surface area contributed by atoms with Crippen LogP contribution < -0.4 is 11.1 Å². The van der Waals surface area contributed by atoms with Gasteiger partial charge in [-0.05, 0) is 32.9 Å². The molecule has 2 unspecified atom stereocenters. The van der Waals surface area contributed by atoms with Crippen molar-refractivity contribution in [2.24, 2.45) is 17.1 Å². The Balaban J connectivity index is 4.26. The van der Waals surface area contributed by atoms with E-state index in [1.54, 1.807) is 0 Å². The summed E-state index contributed by atoms with van der Waals surface area (Å²) in [4.78, 5) is 14.1. The van der Waals surface area contributed by atoms with Crippen LogP contribution in [0.2, 0.25) is 0 Å². The standard InChI is InChI=1S/C13H29N3O/c1-10(9-16(5)6)15-12(17)11(8-14)7-13(2,3)4/h10-11H,7-9,14H2,1-6H3,(H,15,17). The van der Waals surface area contributed by atoms with Crippen LogP contribution in [0, 0.1) is 11.3 Å². The summed E-state index contributed by atoms with van der Waals surface area (Å²) >= 11 is 0. The first-order chi connectivity index (χ1) is 7.65. The molecular formula is C13H29N3O. The lowest BCUT2D eigenvalue weighted by molar-refractivity contribution is -0.126. The summed E-state index contributed by atoms with van der Waals surface area (Å²) in [6.07, 6.45) is 0.823. The zero-order valence-electron chi connectivity index (χ0n) is 12.2. The summed E-state index contributed by atoms with van der Waals surface area (Å²) < 4.78 is 0. The van der Waals surface area contributed by atoms with Gasteiger partial charge in [-0.25, -0.2) is 0 Å². The summed E-state index contributed by atoms with van der Waals surface area (Å²) in [6.45, 7) is 9.67. The molecule has 17 heavy (non-hydrogen) atoms. The predicted octanol–water partition coefficient (Wildman–Crippen LogP) is 1.06. The molecule has 0 aliphatic rings. The molecule has 4 heteroatoms. The first-order valence-corrected chi connectivity index (χ1v) is 6.31. The molecule has 0 rings (SSSR count). The summed E-state index contributed by atoms with van der Waals surface area (Å²) in [5.41, 5.74) is 5.82. The van der Waals surface area contributed by atoms with Crippen LogP contribution in [0.5, 0.6) is 0 Å². The van der Waals surface area contributed by atoms with Crippen LogP contribution in [-0.2, 0) is 4.79 Å². The normalized spacial score (nSPS) is 15.8. The van der Waals surface area contributed by atoms with Crippen LogP contribution >= 0.6 is 0 Å². The average molecular weight is 243 g/mol. The van der Waals surface area contributed by atoms with Crippen molar-refractivity contribution < 1.29 is 4.79 Å². The van der Waals surface area contributed by atoms with E-state index in [0.717, 1.165) is 13.0 Å². The number of nitrogens with zero attached hydrogens (tertiary/aromatic N) is 1. The van der Waals surface area contributed by atoms with Crippen molar-refractivity contribution in [1.82, 2.24) is 10.2 Å². The van der Waals surface area contributed by atoms with E-state index in [9.17, 15) is 4.79 Å². The van der Waals surface area contributed by atoms with E-state index in [-0.39, 0.29) is 23.3 Å². The molecule has 0 spiro atoms. The van der Waals surface area contributed by atoms with Crippen LogP contribution in [0.1, 0.15) is 34.1 Å². The summed E-state index contributed by atoms with van der Waals surface area (Å²) in [7, 11) is 4.00. The van der Waals surface area contributed by atoms with E-state index in [2.05, 4.69) is 31.0 Å². The summed E-state index contributed by atoms with van der Waals surface area (Å²) in [5.74, 6) is -0.00335. The summed E-state index contributed by atoms with van der Waals surface area (Å²) in [5, 5.41) is 3.02. The number of nitrogens with two attached hydrogens (primary N) is 1. The van der Waals surface area contributed by atoms with Gasteiger partial charge in [0.2, 0.25) is 5.91 Å². The van der Waals surface area contributed by atoms with Gasteiger partial charge in [-0.15, -0.1) is 0 Å². The highest BCUT2D eigenvalue weighted by Gasteiger charge is 2.24. The molecule has 0 aromatic carbocycles. The first-order valence-electron chi connectivity index (χ1n) is 6.31. The molecule has 0 fully saturated rings. The Morgan fingerprint density at radius 1 is 1.35 bits per heavy atom. The van der Waals surface area contributed by atoms with Crippen LogP contribution in [0.15, 0.2) is 0 Å². The van der Waals surface area contributed by atoms with Crippen LogP contribution in [0.25, 0.3) is 0 Å². The Bertz CT molecular complexity index is 233. The molecule has 102 valence electrons. The van der Waals surface area contributed by atoms with Gasteiger partial charge in [0.15, 0.2) is 0 Å². The van der Waals surface area contributed by atoms with Gasteiger partial charge in [0.1, 0.15) is 0 Å². The van der Waals surface area contributed by atoms with Crippen LogP contribution in [-0.4, -0.2) is 44.0 Å².